The van der Waals surface area contributed by atoms with Crippen LogP contribution < -0.4 is 10.6 Å². The van der Waals surface area contributed by atoms with Gasteiger partial charge in [-0.3, -0.25) is 4.79 Å². The van der Waals surface area contributed by atoms with E-state index in [0.717, 1.165) is 28.3 Å². The quantitative estimate of drug-likeness (QED) is 0.912. The Labute approximate surface area is 130 Å². The minimum absolute atomic E-state index is 0.0279. The maximum absolute atomic E-state index is 12.6. The van der Waals surface area contributed by atoms with Crippen molar-refractivity contribution in [3.63, 3.8) is 0 Å². The first-order valence-corrected chi connectivity index (χ1v) is 7.97. The van der Waals surface area contributed by atoms with Gasteiger partial charge in [-0.1, -0.05) is 36.9 Å². The van der Waals surface area contributed by atoms with E-state index in [2.05, 4.69) is 23.3 Å². The largest absolute Gasteiger partial charge is 0.348 e. The lowest BCUT2D eigenvalue weighted by atomic mass is 9.95. The highest BCUT2D eigenvalue weighted by atomic mass is 16.1. The lowest BCUT2D eigenvalue weighted by Crippen LogP contribution is -2.42. The Bertz CT molecular complexity index is 752. The molecule has 2 saturated heterocycles. The molecule has 2 aromatic carbocycles. The van der Waals surface area contributed by atoms with Crippen LogP contribution in [0, 0.1) is 0 Å². The Morgan fingerprint density at radius 1 is 1.27 bits per heavy atom. The topological polar surface area (TPSA) is 41.1 Å². The van der Waals surface area contributed by atoms with Crippen LogP contribution in [0.15, 0.2) is 43.0 Å². The summed E-state index contributed by atoms with van der Waals surface area (Å²) < 4.78 is 0. The lowest BCUT2D eigenvalue weighted by molar-refractivity contribution is 0.0931. The van der Waals surface area contributed by atoms with Crippen molar-refractivity contribution >= 4 is 22.8 Å². The van der Waals surface area contributed by atoms with Gasteiger partial charge in [-0.25, -0.2) is 0 Å². The van der Waals surface area contributed by atoms with Crippen LogP contribution in [0.3, 0.4) is 0 Å². The summed E-state index contributed by atoms with van der Waals surface area (Å²) in [5.74, 6) is 0.0279. The van der Waals surface area contributed by atoms with E-state index >= 15 is 0 Å². The minimum Gasteiger partial charge on any atom is -0.348 e. The molecular formula is C19H20N2O. The van der Waals surface area contributed by atoms with Crippen LogP contribution in [0.25, 0.3) is 16.8 Å². The van der Waals surface area contributed by atoms with Gasteiger partial charge >= 0.3 is 0 Å². The molecule has 2 heterocycles. The fourth-order valence-corrected chi connectivity index (χ4v) is 3.85. The summed E-state index contributed by atoms with van der Waals surface area (Å²) in [4.78, 5) is 12.6. The van der Waals surface area contributed by atoms with Crippen molar-refractivity contribution < 1.29 is 4.79 Å². The standard InChI is InChI=1S/C19H20N2O/c1-2-12-4-3-5-13-6-7-14(10-16(12)13)19(22)21-18-11-15-8-9-17(18)20-15/h2-7,10,15,17-18,20H,1,8-9,11H2,(H,21,22)/t15-,17+,18-/m1/s1. The predicted molar refractivity (Wildman–Crippen MR) is 89.9 cm³/mol. The van der Waals surface area contributed by atoms with Gasteiger partial charge < -0.3 is 10.6 Å². The Morgan fingerprint density at radius 3 is 2.91 bits per heavy atom. The summed E-state index contributed by atoms with van der Waals surface area (Å²) in [6, 6.07) is 13.3. The molecule has 2 aliphatic rings. The molecule has 3 atom stereocenters. The van der Waals surface area contributed by atoms with Crippen LogP contribution in [0.4, 0.5) is 0 Å². The van der Waals surface area contributed by atoms with Gasteiger partial charge in [-0.2, -0.15) is 0 Å². The SMILES string of the molecule is C=Cc1cccc2ccc(C(=O)N[C@@H]3C[C@H]4CC[C@@H]3N4)cc12. The zero-order valence-corrected chi connectivity index (χ0v) is 12.5. The summed E-state index contributed by atoms with van der Waals surface area (Å²) in [7, 11) is 0. The third-order valence-corrected chi connectivity index (χ3v) is 5.01. The third-order valence-electron chi connectivity index (χ3n) is 5.01. The van der Waals surface area contributed by atoms with Gasteiger partial charge in [0.1, 0.15) is 0 Å². The smallest absolute Gasteiger partial charge is 0.251 e. The van der Waals surface area contributed by atoms with E-state index in [9.17, 15) is 4.79 Å². The molecule has 4 rings (SSSR count). The van der Waals surface area contributed by atoms with Gasteiger partial charge in [0, 0.05) is 23.7 Å². The fourth-order valence-electron chi connectivity index (χ4n) is 3.85. The molecule has 0 spiro atoms. The number of fused-ring (bicyclic) bond motifs is 3. The number of amides is 1. The molecule has 22 heavy (non-hydrogen) atoms. The van der Waals surface area contributed by atoms with Gasteiger partial charge in [0.25, 0.3) is 5.91 Å². The second kappa shape index (κ2) is 5.25. The molecule has 2 aliphatic heterocycles. The average molecular weight is 292 g/mol. The van der Waals surface area contributed by atoms with Crippen LogP contribution in [-0.2, 0) is 0 Å². The average Bonchev–Trinajstić information content (AvgIpc) is 3.16. The third kappa shape index (κ3) is 2.22. The summed E-state index contributed by atoms with van der Waals surface area (Å²) in [5, 5.41) is 8.97. The molecule has 2 N–H and O–H groups in total. The van der Waals surface area contributed by atoms with Crippen molar-refractivity contribution in [2.24, 2.45) is 0 Å². The number of hydrogen-bond donors (Lipinski definition) is 2. The first-order chi connectivity index (χ1) is 10.7. The zero-order valence-electron chi connectivity index (χ0n) is 12.5. The molecule has 112 valence electrons. The van der Waals surface area contributed by atoms with E-state index in [-0.39, 0.29) is 11.9 Å². The van der Waals surface area contributed by atoms with E-state index in [1.165, 1.54) is 12.8 Å². The number of carbonyl (C=O) groups excluding carboxylic acids is 1. The van der Waals surface area contributed by atoms with Crippen LogP contribution >= 0.6 is 0 Å². The highest BCUT2D eigenvalue weighted by molar-refractivity contribution is 6.00. The Morgan fingerprint density at radius 2 is 2.18 bits per heavy atom. The summed E-state index contributed by atoms with van der Waals surface area (Å²) in [6.07, 6.45) is 5.31. The first-order valence-electron chi connectivity index (χ1n) is 7.97. The molecule has 2 bridgehead atoms. The normalized spacial score (nSPS) is 26.3. The van der Waals surface area contributed by atoms with Crippen molar-refractivity contribution in [2.75, 3.05) is 0 Å². The lowest BCUT2D eigenvalue weighted by Gasteiger charge is -2.21. The number of carbonyl (C=O) groups is 1. The van der Waals surface area contributed by atoms with Crippen LogP contribution in [0.2, 0.25) is 0 Å². The molecule has 2 aromatic rings. The first kappa shape index (κ1) is 13.5. The molecule has 1 amide bonds. The second-order valence-electron chi connectivity index (χ2n) is 6.35. The Kier molecular flexibility index (Phi) is 3.23. The predicted octanol–water partition coefficient (Wildman–Crippen LogP) is 3.11. The van der Waals surface area contributed by atoms with Gasteiger partial charge in [-0.05, 0) is 47.7 Å². The summed E-state index contributed by atoms with van der Waals surface area (Å²) in [6.45, 7) is 3.86. The number of nitrogens with one attached hydrogen (secondary N) is 2. The van der Waals surface area contributed by atoms with Crippen molar-refractivity contribution in [2.45, 2.75) is 37.4 Å². The van der Waals surface area contributed by atoms with Crippen LogP contribution in [0.5, 0.6) is 0 Å². The van der Waals surface area contributed by atoms with Gasteiger partial charge in [-0.15, -0.1) is 0 Å². The zero-order chi connectivity index (χ0) is 15.1. The van der Waals surface area contributed by atoms with Crippen molar-refractivity contribution in [1.29, 1.82) is 0 Å². The number of rotatable bonds is 3. The monoisotopic (exact) mass is 292 g/mol. The fraction of sp³-hybridized carbons (Fsp3) is 0.316. The van der Waals surface area contributed by atoms with Crippen LogP contribution in [0.1, 0.15) is 35.2 Å². The molecule has 0 radical (unpaired) electrons. The minimum atomic E-state index is 0.0279. The van der Waals surface area contributed by atoms with E-state index < -0.39 is 0 Å². The highest BCUT2D eigenvalue weighted by Crippen LogP contribution is 2.28. The van der Waals surface area contributed by atoms with Crippen molar-refractivity contribution in [3.05, 3.63) is 54.1 Å². The van der Waals surface area contributed by atoms with Crippen molar-refractivity contribution in [1.82, 2.24) is 10.6 Å². The maximum Gasteiger partial charge on any atom is 0.251 e. The van der Waals surface area contributed by atoms with E-state index in [1.807, 2.05) is 36.4 Å². The van der Waals surface area contributed by atoms with E-state index in [0.29, 0.717) is 12.1 Å². The Balaban J connectivity index is 1.60. The summed E-state index contributed by atoms with van der Waals surface area (Å²) >= 11 is 0. The van der Waals surface area contributed by atoms with Gasteiger partial charge in [0.15, 0.2) is 0 Å². The molecule has 0 aliphatic carbocycles. The van der Waals surface area contributed by atoms with E-state index in [4.69, 9.17) is 0 Å². The molecular weight excluding hydrogens is 272 g/mol. The van der Waals surface area contributed by atoms with Gasteiger partial charge in [0.2, 0.25) is 0 Å². The highest BCUT2D eigenvalue weighted by Gasteiger charge is 2.39. The molecule has 2 fully saturated rings. The number of hydrogen-bond acceptors (Lipinski definition) is 2. The molecule has 0 aromatic heterocycles. The molecule has 0 saturated carbocycles. The van der Waals surface area contributed by atoms with Gasteiger partial charge in [0.05, 0.1) is 0 Å². The molecule has 3 heteroatoms. The maximum atomic E-state index is 12.6. The van der Waals surface area contributed by atoms with Crippen molar-refractivity contribution in [3.8, 4) is 0 Å². The Hall–Kier alpha value is -2.13. The van der Waals surface area contributed by atoms with E-state index in [1.54, 1.807) is 0 Å². The summed E-state index contributed by atoms with van der Waals surface area (Å²) in [5.41, 5.74) is 1.79. The molecule has 0 unspecified atom stereocenters. The van der Waals surface area contributed by atoms with Crippen LogP contribution in [-0.4, -0.2) is 24.0 Å². The molecule has 3 nitrogen and oxygen atoms in total. The number of benzene rings is 2. The second-order valence-corrected chi connectivity index (χ2v) is 6.35.